The first kappa shape index (κ1) is 22.8. The average Bonchev–Trinajstić information content (AvgIpc) is 3.23. The van der Waals surface area contributed by atoms with Gasteiger partial charge in [0.05, 0.1) is 10.5 Å². The zero-order chi connectivity index (χ0) is 25.8. The summed E-state index contributed by atoms with van der Waals surface area (Å²) in [7, 11) is -3.59. The normalized spacial score (nSPS) is 27.7. The number of aromatic nitrogens is 1. The number of anilines is 1. The Labute approximate surface area is 207 Å². The number of Topliss-reactive ketones (excluding diaryl/α,β-unsaturated/α-hetero) is 1. The summed E-state index contributed by atoms with van der Waals surface area (Å²) in [5, 5.41) is 14.8. The predicted molar refractivity (Wildman–Crippen MR) is 130 cm³/mol. The van der Waals surface area contributed by atoms with Gasteiger partial charge in [-0.3, -0.25) is 9.59 Å². The van der Waals surface area contributed by atoms with Gasteiger partial charge in [0.1, 0.15) is 11.4 Å². The van der Waals surface area contributed by atoms with Crippen LogP contribution in [0.2, 0.25) is 0 Å². The largest absolute Gasteiger partial charge is 0.454 e. The van der Waals surface area contributed by atoms with Gasteiger partial charge >= 0.3 is 0 Å². The van der Waals surface area contributed by atoms with E-state index in [1.807, 2.05) is 12.1 Å². The fourth-order valence-corrected chi connectivity index (χ4v) is 6.67. The van der Waals surface area contributed by atoms with Crippen molar-refractivity contribution >= 4 is 27.2 Å². The zero-order valence-electron chi connectivity index (χ0n) is 19.9. The summed E-state index contributed by atoms with van der Waals surface area (Å²) >= 11 is 0. The third-order valence-corrected chi connectivity index (χ3v) is 8.99. The van der Waals surface area contributed by atoms with E-state index in [0.29, 0.717) is 23.1 Å². The summed E-state index contributed by atoms with van der Waals surface area (Å²) in [6.45, 7) is 3.64. The maximum atomic E-state index is 14.0. The molecule has 2 aromatic carbocycles. The van der Waals surface area contributed by atoms with E-state index in [1.165, 1.54) is 13.1 Å². The van der Waals surface area contributed by atoms with Crippen LogP contribution in [0.1, 0.15) is 62.4 Å². The second-order valence-electron chi connectivity index (χ2n) is 10.0. The number of benzene rings is 2. The molecule has 4 atom stereocenters. The van der Waals surface area contributed by atoms with Gasteiger partial charge in [0, 0.05) is 29.3 Å². The predicted octanol–water partition coefficient (Wildman–Crippen LogP) is 2.49. The Kier molecular flexibility index (Phi) is 4.42. The molecule has 0 radical (unpaired) electrons. The number of nitrogen functional groups attached to an aromatic ring is 1. The molecular weight excluding hydrogens is 482 g/mol. The van der Waals surface area contributed by atoms with Crippen molar-refractivity contribution in [3.8, 4) is 5.75 Å². The molecule has 0 bridgehead atoms. The van der Waals surface area contributed by atoms with Crippen molar-refractivity contribution in [1.82, 2.24) is 10.3 Å². The molecule has 1 fully saturated rings. The Morgan fingerprint density at radius 2 is 1.97 bits per heavy atom. The number of aliphatic hydroxyl groups is 1. The molecular formula is C26H25N3O6S. The molecule has 2 heterocycles. The van der Waals surface area contributed by atoms with E-state index in [1.54, 1.807) is 24.3 Å². The first-order valence-corrected chi connectivity index (χ1v) is 13.5. The highest BCUT2D eigenvalue weighted by Crippen LogP contribution is 2.60. The van der Waals surface area contributed by atoms with Gasteiger partial charge < -0.3 is 25.9 Å². The molecule has 1 amide bonds. The summed E-state index contributed by atoms with van der Waals surface area (Å²) < 4.78 is 30.3. The number of carbonyl (C=O) groups excluding carboxylic acids is 2. The second kappa shape index (κ2) is 6.98. The Bertz CT molecular complexity index is 1610. The molecule has 36 heavy (non-hydrogen) atoms. The highest BCUT2D eigenvalue weighted by molar-refractivity contribution is 7.90. The quantitative estimate of drug-likeness (QED) is 0.396. The molecule has 1 aromatic heterocycles. The molecule has 10 heteroatoms. The number of nitrogens with two attached hydrogens (primary N) is 1. The fraction of sp³-hybridized carbons (Fsp3) is 0.308. The molecule has 1 saturated carbocycles. The van der Waals surface area contributed by atoms with E-state index in [0.717, 1.165) is 18.2 Å². The number of nitrogens with one attached hydrogen (secondary N) is 2. The topological polar surface area (TPSA) is 152 Å². The highest BCUT2D eigenvalue weighted by atomic mass is 32.2. The van der Waals surface area contributed by atoms with Gasteiger partial charge in [0.2, 0.25) is 11.3 Å². The Morgan fingerprint density at radius 3 is 2.61 bits per heavy atom. The Hall–Kier alpha value is -3.63. The van der Waals surface area contributed by atoms with Crippen LogP contribution in [0.5, 0.6) is 5.75 Å². The Balaban J connectivity index is 1.52. The maximum Gasteiger partial charge on any atom is 0.271 e. The molecule has 0 spiro atoms. The minimum Gasteiger partial charge on any atom is -0.454 e. The van der Waals surface area contributed by atoms with Gasteiger partial charge in [-0.1, -0.05) is 31.2 Å². The molecule has 9 nitrogen and oxygen atoms in total. The number of H-pyrrole nitrogens is 1. The number of fused-ring (bicyclic) bond motifs is 5. The number of sulfone groups is 1. The van der Waals surface area contributed by atoms with Crippen LogP contribution in [0.4, 0.5) is 5.69 Å². The number of ether oxygens (including phenoxy) is 1. The lowest BCUT2D eigenvalue weighted by molar-refractivity contribution is -0.169. The number of hydrogen-bond donors (Lipinski definition) is 4. The van der Waals surface area contributed by atoms with Crippen LogP contribution in [-0.4, -0.2) is 36.5 Å². The summed E-state index contributed by atoms with van der Waals surface area (Å²) in [5.74, 6) is -2.42. The number of rotatable bonds is 4. The summed E-state index contributed by atoms with van der Waals surface area (Å²) in [6, 6.07) is 10.1. The number of carbonyl (C=O) groups is 2. The van der Waals surface area contributed by atoms with Crippen LogP contribution < -0.4 is 15.8 Å². The summed E-state index contributed by atoms with van der Waals surface area (Å²) in [5.41, 5.74) is 6.00. The molecule has 6 rings (SSSR count). The first-order valence-electron chi connectivity index (χ1n) is 11.6. The maximum absolute atomic E-state index is 14.0. The van der Waals surface area contributed by atoms with Crippen LogP contribution in [0.25, 0.3) is 0 Å². The van der Waals surface area contributed by atoms with Crippen molar-refractivity contribution in [2.45, 2.75) is 42.4 Å². The standard InChI is InChI=1S/C26H25N3O6S/c1-12-9-15(12)14-7-8-16-19(10-14)35-26(32)17-5-4-6-18(27)21(17)23(30)25(16,26)29-24(31)22-13(2)20(11-28-22)36(3,33)34/h4-8,10-12,15,28,32H,9,27H2,1-3H3,(H,29,31)/t12-,15-,25+,26+/m0/s1. The molecule has 2 aliphatic carbocycles. The number of hydrogen-bond acceptors (Lipinski definition) is 7. The number of aromatic amines is 1. The van der Waals surface area contributed by atoms with Gasteiger partial charge in [0.15, 0.2) is 9.84 Å². The third-order valence-electron chi connectivity index (χ3n) is 7.76. The lowest BCUT2D eigenvalue weighted by Crippen LogP contribution is -2.60. The monoisotopic (exact) mass is 507 g/mol. The molecule has 186 valence electrons. The minimum atomic E-state index is -3.59. The van der Waals surface area contributed by atoms with E-state index in [4.69, 9.17) is 10.5 Å². The molecule has 3 aromatic rings. The van der Waals surface area contributed by atoms with Crippen LogP contribution in [0, 0.1) is 12.8 Å². The molecule has 0 unspecified atom stereocenters. The molecule has 5 N–H and O–H groups in total. The Morgan fingerprint density at radius 1 is 1.25 bits per heavy atom. The SMILES string of the molecule is Cc1c(S(C)(=O)=O)c[nH]c1C(=O)N[C@]12C(=O)c3c(N)cccc3[C@@]1(O)Oc1cc([C@H]3C[C@@H]3C)ccc12. The lowest BCUT2D eigenvalue weighted by atomic mass is 9.82. The van der Waals surface area contributed by atoms with E-state index < -0.39 is 32.9 Å². The van der Waals surface area contributed by atoms with Crippen molar-refractivity contribution in [3.63, 3.8) is 0 Å². The first-order chi connectivity index (χ1) is 16.9. The summed E-state index contributed by atoms with van der Waals surface area (Å²) in [4.78, 5) is 30.3. The average molecular weight is 508 g/mol. The third kappa shape index (κ3) is 2.76. The van der Waals surface area contributed by atoms with E-state index in [-0.39, 0.29) is 33.0 Å². The van der Waals surface area contributed by atoms with Crippen LogP contribution >= 0.6 is 0 Å². The van der Waals surface area contributed by atoms with Crippen LogP contribution in [-0.2, 0) is 21.2 Å². The van der Waals surface area contributed by atoms with Gasteiger partial charge in [-0.25, -0.2) is 8.42 Å². The van der Waals surface area contributed by atoms with Crippen molar-refractivity contribution in [3.05, 3.63) is 76.1 Å². The highest BCUT2D eigenvalue weighted by Gasteiger charge is 2.72. The molecule has 0 saturated heterocycles. The van der Waals surface area contributed by atoms with E-state index >= 15 is 0 Å². The van der Waals surface area contributed by atoms with Gasteiger partial charge in [-0.2, -0.15) is 0 Å². The fourth-order valence-electron chi connectivity index (χ4n) is 5.74. The van der Waals surface area contributed by atoms with Crippen molar-refractivity contribution in [2.75, 3.05) is 12.0 Å². The zero-order valence-corrected chi connectivity index (χ0v) is 20.7. The van der Waals surface area contributed by atoms with Crippen LogP contribution in [0.15, 0.2) is 47.5 Å². The molecule has 1 aliphatic heterocycles. The van der Waals surface area contributed by atoms with Crippen molar-refractivity contribution < 1.29 is 27.9 Å². The second-order valence-corrected chi connectivity index (χ2v) is 12.0. The van der Waals surface area contributed by atoms with E-state index in [9.17, 15) is 23.1 Å². The van der Waals surface area contributed by atoms with Crippen molar-refractivity contribution in [1.29, 1.82) is 0 Å². The minimum absolute atomic E-state index is 0.0306. The van der Waals surface area contributed by atoms with Crippen LogP contribution in [0.3, 0.4) is 0 Å². The van der Waals surface area contributed by atoms with Gasteiger partial charge in [-0.05, 0) is 48.4 Å². The number of ketones is 1. The number of amides is 1. The van der Waals surface area contributed by atoms with Crippen molar-refractivity contribution in [2.24, 2.45) is 5.92 Å². The van der Waals surface area contributed by atoms with Gasteiger partial charge in [-0.15, -0.1) is 0 Å². The summed E-state index contributed by atoms with van der Waals surface area (Å²) in [6.07, 6.45) is 3.31. The smallest absolute Gasteiger partial charge is 0.271 e. The van der Waals surface area contributed by atoms with Gasteiger partial charge in [0.25, 0.3) is 11.7 Å². The molecule has 3 aliphatic rings. The lowest BCUT2D eigenvalue weighted by Gasteiger charge is -2.34. The van der Waals surface area contributed by atoms with E-state index in [2.05, 4.69) is 17.2 Å².